The molecule has 0 atom stereocenters. The highest BCUT2D eigenvalue weighted by Crippen LogP contribution is 2.21. The number of hydrogen-bond acceptors (Lipinski definition) is 4. The van der Waals surface area contributed by atoms with Gasteiger partial charge in [0.1, 0.15) is 11.3 Å². The molecule has 0 aliphatic heterocycles. The van der Waals surface area contributed by atoms with E-state index in [0.717, 1.165) is 11.3 Å². The van der Waals surface area contributed by atoms with E-state index in [-0.39, 0.29) is 0 Å². The van der Waals surface area contributed by atoms with Crippen molar-refractivity contribution in [3.63, 3.8) is 0 Å². The minimum atomic E-state index is 0.574. The average molecular weight is 228 g/mol. The number of pyridine rings is 1. The number of nitrogens with zero attached hydrogens (tertiary/aromatic N) is 3. The highest BCUT2D eigenvalue weighted by atomic mass is 15.0. The van der Waals surface area contributed by atoms with Crippen molar-refractivity contribution >= 4 is 17.0 Å². The molecular formula is C13H16N4. The van der Waals surface area contributed by atoms with Crippen molar-refractivity contribution in [1.29, 1.82) is 0 Å². The van der Waals surface area contributed by atoms with Crippen LogP contribution in [0.2, 0.25) is 0 Å². The number of anilines is 1. The Kier molecular flexibility index (Phi) is 2.86. The van der Waals surface area contributed by atoms with Gasteiger partial charge in [-0.1, -0.05) is 19.3 Å². The molecule has 1 aliphatic rings. The standard InChI is InChI=1S/C13H16N4/c1-2-4-10(5-3-1)16-12-7-6-11-13(17-12)15-9-8-14-11/h6-10H,1-5H2,(H,15,16,17). The van der Waals surface area contributed by atoms with E-state index in [0.29, 0.717) is 11.7 Å². The van der Waals surface area contributed by atoms with E-state index in [1.165, 1.54) is 32.1 Å². The zero-order valence-electron chi connectivity index (χ0n) is 9.76. The maximum Gasteiger partial charge on any atom is 0.180 e. The minimum Gasteiger partial charge on any atom is -0.367 e. The summed E-state index contributed by atoms with van der Waals surface area (Å²) in [6.45, 7) is 0. The van der Waals surface area contributed by atoms with Crippen LogP contribution in [-0.2, 0) is 0 Å². The monoisotopic (exact) mass is 228 g/mol. The summed E-state index contributed by atoms with van der Waals surface area (Å²) in [4.78, 5) is 12.9. The zero-order chi connectivity index (χ0) is 11.5. The normalized spacial score (nSPS) is 17.2. The van der Waals surface area contributed by atoms with Crippen molar-refractivity contribution in [2.75, 3.05) is 5.32 Å². The summed E-state index contributed by atoms with van der Waals surface area (Å²) in [7, 11) is 0. The van der Waals surface area contributed by atoms with Crippen LogP contribution < -0.4 is 5.32 Å². The fourth-order valence-electron chi connectivity index (χ4n) is 2.39. The zero-order valence-corrected chi connectivity index (χ0v) is 9.76. The molecule has 1 N–H and O–H groups in total. The van der Waals surface area contributed by atoms with Crippen LogP contribution in [0.15, 0.2) is 24.5 Å². The van der Waals surface area contributed by atoms with Gasteiger partial charge in [0.25, 0.3) is 0 Å². The van der Waals surface area contributed by atoms with Gasteiger partial charge < -0.3 is 5.32 Å². The number of aromatic nitrogens is 3. The highest BCUT2D eigenvalue weighted by Gasteiger charge is 2.13. The molecule has 17 heavy (non-hydrogen) atoms. The molecule has 2 aromatic rings. The molecule has 88 valence electrons. The van der Waals surface area contributed by atoms with Crippen molar-refractivity contribution in [3.05, 3.63) is 24.5 Å². The van der Waals surface area contributed by atoms with Gasteiger partial charge in [-0.05, 0) is 25.0 Å². The van der Waals surface area contributed by atoms with Gasteiger partial charge in [-0.25, -0.2) is 9.97 Å². The fourth-order valence-corrected chi connectivity index (χ4v) is 2.39. The molecule has 2 aromatic heterocycles. The SMILES string of the molecule is c1cnc2nc(NC3CCCCC3)ccc2n1. The van der Waals surface area contributed by atoms with Crippen LogP contribution in [0.1, 0.15) is 32.1 Å². The molecule has 0 aromatic carbocycles. The molecule has 0 radical (unpaired) electrons. The number of fused-ring (bicyclic) bond motifs is 1. The molecule has 0 unspecified atom stereocenters. The molecule has 1 aliphatic carbocycles. The summed E-state index contributed by atoms with van der Waals surface area (Å²) in [6, 6.07) is 4.54. The van der Waals surface area contributed by atoms with E-state index < -0.39 is 0 Å². The van der Waals surface area contributed by atoms with Crippen LogP contribution in [0.3, 0.4) is 0 Å². The van der Waals surface area contributed by atoms with Crippen LogP contribution >= 0.6 is 0 Å². The lowest BCUT2D eigenvalue weighted by molar-refractivity contribution is 0.462. The summed E-state index contributed by atoms with van der Waals surface area (Å²) >= 11 is 0. The Hall–Kier alpha value is -1.71. The van der Waals surface area contributed by atoms with E-state index >= 15 is 0 Å². The lowest BCUT2D eigenvalue weighted by Crippen LogP contribution is -2.22. The first-order valence-corrected chi connectivity index (χ1v) is 6.26. The van der Waals surface area contributed by atoms with Crippen LogP contribution in [0.25, 0.3) is 11.2 Å². The van der Waals surface area contributed by atoms with Gasteiger partial charge in [0, 0.05) is 18.4 Å². The Morgan fingerprint density at radius 3 is 2.71 bits per heavy atom. The molecule has 0 saturated heterocycles. The minimum absolute atomic E-state index is 0.574. The molecule has 0 spiro atoms. The number of hydrogen-bond donors (Lipinski definition) is 1. The van der Waals surface area contributed by atoms with Crippen LogP contribution in [-0.4, -0.2) is 21.0 Å². The molecule has 2 heterocycles. The van der Waals surface area contributed by atoms with Gasteiger partial charge in [-0.2, -0.15) is 0 Å². The van der Waals surface area contributed by atoms with Gasteiger partial charge in [-0.15, -0.1) is 0 Å². The third-order valence-electron chi connectivity index (χ3n) is 3.29. The topological polar surface area (TPSA) is 50.7 Å². The van der Waals surface area contributed by atoms with Crippen molar-refractivity contribution in [2.45, 2.75) is 38.1 Å². The molecule has 4 nitrogen and oxygen atoms in total. The Morgan fingerprint density at radius 2 is 1.82 bits per heavy atom. The van der Waals surface area contributed by atoms with Crippen molar-refractivity contribution in [2.24, 2.45) is 0 Å². The molecule has 1 saturated carbocycles. The van der Waals surface area contributed by atoms with E-state index in [9.17, 15) is 0 Å². The third-order valence-corrected chi connectivity index (χ3v) is 3.29. The van der Waals surface area contributed by atoms with E-state index in [2.05, 4.69) is 20.3 Å². The van der Waals surface area contributed by atoms with Gasteiger partial charge in [0.05, 0.1) is 0 Å². The second-order valence-electron chi connectivity index (χ2n) is 4.57. The number of nitrogens with one attached hydrogen (secondary N) is 1. The van der Waals surface area contributed by atoms with Crippen LogP contribution in [0, 0.1) is 0 Å². The quantitative estimate of drug-likeness (QED) is 0.858. The summed E-state index contributed by atoms with van der Waals surface area (Å²) in [6.07, 6.45) is 9.89. The first-order chi connectivity index (χ1) is 8.42. The lowest BCUT2D eigenvalue weighted by Gasteiger charge is -2.23. The van der Waals surface area contributed by atoms with Crippen LogP contribution in [0.5, 0.6) is 0 Å². The summed E-state index contributed by atoms with van der Waals surface area (Å²) in [5, 5.41) is 3.49. The van der Waals surface area contributed by atoms with Crippen molar-refractivity contribution < 1.29 is 0 Å². The van der Waals surface area contributed by atoms with E-state index in [1.807, 2.05) is 12.1 Å². The Bertz CT molecular complexity index is 506. The van der Waals surface area contributed by atoms with Gasteiger partial charge >= 0.3 is 0 Å². The van der Waals surface area contributed by atoms with Crippen molar-refractivity contribution in [1.82, 2.24) is 15.0 Å². The van der Waals surface area contributed by atoms with Gasteiger partial charge in [0.2, 0.25) is 0 Å². The molecule has 0 bridgehead atoms. The van der Waals surface area contributed by atoms with Gasteiger partial charge in [-0.3, -0.25) is 4.98 Å². The largest absolute Gasteiger partial charge is 0.367 e. The smallest absolute Gasteiger partial charge is 0.180 e. The maximum atomic E-state index is 4.48. The highest BCUT2D eigenvalue weighted by molar-refractivity contribution is 5.71. The number of rotatable bonds is 2. The second kappa shape index (κ2) is 4.65. The first-order valence-electron chi connectivity index (χ1n) is 6.26. The Labute approximate surface area is 101 Å². The van der Waals surface area contributed by atoms with E-state index in [4.69, 9.17) is 0 Å². The molecule has 4 heteroatoms. The second-order valence-corrected chi connectivity index (χ2v) is 4.57. The van der Waals surface area contributed by atoms with Crippen molar-refractivity contribution in [3.8, 4) is 0 Å². The first kappa shape index (κ1) is 10.4. The fraction of sp³-hybridized carbons (Fsp3) is 0.462. The molecular weight excluding hydrogens is 212 g/mol. The average Bonchev–Trinajstić information content (AvgIpc) is 2.40. The predicted molar refractivity (Wildman–Crippen MR) is 67.8 cm³/mol. The third kappa shape index (κ3) is 2.35. The summed E-state index contributed by atoms with van der Waals surface area (Å²) < 4.78 is 0. The Morgan fingerprint density at radius 1 is 1.00 bits per heavy atom. The summed E-state index contributed by atoms with van der Waals surface area (Å²) in [5.74, 6) is 0.921. The lowest BCUT2D eigenvalue weighted by atomic mass is 9.95. The molecule has 1 fully saturated rings. The van der Waals surface area contributed by atoms with Crippen LogP contribution in [0.4, 0.5) is 5.82 Å². The molecule has 3 rings (SSSR count). The Balaban J connectivity index is 1.80. The van der Waals surface area contributed by atoms with Gasteiger partial charge in [0.15, 0.2) is 5.65 Å². The van der Waals surface area contributed by atoms with E-state index in [1.54, 1.807) is 12.4 Å². The molecule has 0 amide bonds. The summed E-state index contributed by atoms with van der Waals surface area (Å²) in [5.41, 5.74) is 1.56. The maximum absolute atomic E-state index is 4.48. The predicted octanol–water partition coefficient (Wildman–Crippen LogP) is 2.77.